The normalized spacial score (nSPS) is 17.4. The zero-order chi connectivity index (χ0) is 16.9. The minimum atomic E-state index is 0. The van der Waals surface area contributed by atoms with Crippen LogP contribution in [0.15, 0.2) is 53.4 Å². The molecule has 1 heterocycles. The molecule has 3 rings (SSSR count). The molecule has 0 radical (unpaired) electrons. The van der Waals surface area contributed by atoms with E-state index in [0.29, 0.717) is 12.0 Å². The van der Waals surface area contributed by atoms with Gasteiger partial charge in [0.1, 0.15) is 0 Å². The Hall–Kier alpha value is -0.870. The Morgan fingerprint density at radius 1 is 1.12 bits per heavy atom. The summed E-state index contributed by atoms with van der Waals surface area (Å²) in [6, 6.07) is 17.7. The number of anilines is 1. The number of piperazine rings is 1. The topological polar surface area (TPSA) is 15.3 Å². The molecule has 1 saturated heterocycles. The Balaban J connectivity index is 0.00000225. The molecule has 0 bridgehead atoms. The van der Waals surface area contributed by atoms with E-state index in [1.807, 2.05) is 23.9 Å². The minimum absolute atomic E-state index is 0. The SMILES string of the molecule is CC(C)c1ccc(N2CCNCC2CSc2ccc(Cl)cc2)cc1.Cl. The number of rotatable bonds is 5. The molecule has 2 nitrogen and oxygen atoms in total. The molecular weight excluding hydrogens is 371 g/mol. The van der Waals surface area contributed by atoms with Gasteiger partial charge in [0.15, 0.2) is 0 Å². The van der Waals surface area contributed by atoms with E-state index in [9.17, 15) is 0 Å². The highest BCUT2D eigenvalue weighted by atomic mass is 35.5. The number of benzene rings is 2. The molecule has 0 spiro atoms. The molecule has 0 aliphatic carbocycles. The summed E-state index contributed by atoms with van der Waals surface area (Å²) in [6.45, 7) is 7.63. The summed E-state index contributed by atoms with van der Waals surface area (Å²) < 4.78 is 0. The predicted octanol–water partition coefficient (Wildman–Crippen LogP) is 5.46. The van der Waals surface area contributed by atoms with Crippen molar-refractivity contribution < 1.29 is 0 Å². The van der Waals surface area contributed by atoms with Crippen LogP contribution < -0.4 is 10.2 Å². The molecule has 25 heavy (non-hydrogen) atoms. The lowest BCUT2D eigenvalue weighted by Gasteiger charge is -2.38. The lowest BCUT2D eigenvalue weighted by molar-refractivity contribution is 0.505. The fourth-order valence-corrected chi connectivity index (χ4v) is 4.16. The third-order valence-corrected chi connectivity index (χ3v) is 5.91. The summed E-state index contributed by atoms with van der Waals surface area (Å²) >= 11 is 7.87. The van der Waals surface area contributed by atoms with Gasteiger partial charge in [0.05, 0.1) is 6.04 Å². The molecule has 0 amide bonds. The Labute approximate surface area is 166 Å². The zero-order valence-corrected chi connectivity index (χ0v) is 17.1. The fraction of sp³-hybridized carbons (Fsp3) is 0.400. The highest BCUT2D eigenvalue weighted by molar-refractivity contribution is 7.99. The fourth-order valence-electron chi connectivity index (χ4n) is 3.02. The van der Waals surface area contributed by atoms with Gasteiger partial charge in [-0.3, -0.25) is 0 Å². The van der Waals surface area contributed by atoms with Gasteiger partial charge in [0.25, 0.3) is 0 Å². The van der Waals surface area contributed by atoms with Gasteiger partial charge in [-0.15, -0.1) is 24.2 Å². The molecule has 0 aromatic heterocycles. The Kier molecular flexibility index (Phi) is 7.95. The first kappa shape index (κ1) is 20.4. The maximum atomic E-state index is 5.97. The number of thioether (sulfide) groups is 1. The van der Waals surface area contributed by atoms with Crippen molar-refractivity contribution in [3.8, 4) is 0 Å². The van der Waals surface area contributed by atoms with E-state index < -0.39 is 0 Å². The van der Waals surface area contributed by atoms with Crippen molar-refractivity contribution in [1.82, 2.24) is 5.32 Å². The summed E-state index contributed by atoms with van der Waals surface area (Å²) in [7, 11) is 0. The van der Waals surface area contributed by atoms with Gasteiger partial charge in [0, 0.05) is 41.0 Å². The Morgan fingerprint density at radius 2 is 1.80 bits per heavy atom. The lowest BCUT2D eigenvalue weighted by atomic mass is 10.0. The van der Waals surface area contributed by atoms with E-state index in [0.717, 1.165) is 30.4 Å². The first-order chi connectivity index (χ1) is 11.6. The third kappa shape index (κ3) is 5.55. The van der Waals surface area contributed by atoms with E-state index in [1.165, 1.54) is 16.1 Å². The van der Waals surface area contributed by atoms with Crippen molar-refractivity contribution in [3.63, 3.8) is 0 Å². The number of hydrogen-bond donors (Lipinski definition) is 1. The maximum Gasteiger partial charge on any atom is 0.0509 e. The van der Waals surface area contributed by atoms with Crippen LogP contribution in [0.2, 0.25) is 5.02 Å². The second-order valence-electron chi connectivity index (χ2n) is 6.56. The molecule has 5 heteroatoms. The van der Waals surface area contributed by atoms with Crippen LogP contribution in [0, 0.1) is 0 Å². The number of nitrogens with one attached hydrogen (secondary N) is 1. The van der Waals surface area contributed by atoms with Gasteiger partial charge in [-0.2, -0.15) is 0 Å². The monoisotopic (exact) mass is 396 g/mol. The van der Waals surface area contributed by atoms with Crippen molar-refractivity contribution in [2.45, 2.75) is 30.7 Å². The van der Waals surface area contributed by atoms with Crippen molar-refractivity contribution in [2.24, 2.45) is 0 Å². The molecule has 1 unspecified atom stereocenters. The molecule has 1 fully saturated rings. The van der Waals surface area contributed by atoms with Crippen molar-refractivity contribution >= 4 is 41.5 Å². The van der Waals surface area contributed by atoms with E-state index in [2.05, 4.69) is 60.5 Å². The van der Waals surface area contributed by atoms with Crippen LogP contribution in [-0.4, -0.2) is 31.4 Å². The molecule has 0 saturated carbocycles. The summed E-state index contributed by atoms with van der Waals surface area (Å²) in [4.78, 5) is 3.82. The van der Waals surface area contributed by atoms with Crippen LogP contribution in [0.3, 0.4) is 0 Å². The van der Waals surface area contributed by atoms with Gasteiger partial charge >= 0.3 is 0 Å². The van der Waals surface area contributed by atoms with Crippen LogP contribution in [0.5, 0.6) is 0 Å². The van der Waals surface area contributed by atoms with Gasteiger partial charge in [0.2, 0.25) is 0 Å². The highest BCUT2D eigenvalue weighted by Gasteiger charge is 2.22. The average Bonchev–Trinajstić information content (AvgIpc) is 2.61. The summed E-state index contributed by atoms with van der Waals surface area (Å²) in [5.41, 5.74) is 2.74. The van der Waals surface area contributed by atoms with Gasteiger partial charge in [-0.05, 0) is 47.9 Å². The number of hydrogen-bond acceptors (Lipinski definition) is 3. The second-order valence-corrected chi connectivity index (χ2v) is 8.09. The van der Waals surface area contributed by atoms with Gasteiger partial charge in [-0.25, -0.2) is 0 Å². The largest absolute Gasteiger partial charge is 0.365 e. The van der Waals surface area contributed by atoms with Crippen molar-refractivity contribution in [1.29, 1.82) is 0 Å². The van der Waals surface area contributed by atoms with Gasteiger partial charge < -0.3 is 10.2 Å². The standard InChI is InChI=1S/C20H25ClN2S.ClH/c1-15(2)16-3-7-18(8-4-16)23-12-11-22-13-19(23)14-24-20-9-5-17(21)6-10-20;/h3-10,15,19,22H,11-14H2,1-2H3;1H. The summed E-state index contributed by atoms with van der Waals surface area (Å²) in [5.74, 6) is 1.65. The molecule has 136 valence electrons. The van der Waals surface area contributed by atoms with Crippen LogP contribution in [0.25, 0.3) is 0 Å². The molecule has 1 aliphatic rings. The number of nitrogens with zero attached hydrogens (tertiary/aromatic N) is 1. The third-order valence-electron chi connectivity index (χ3n) is 4.50. The number of halogens is 2. The minimum Gasteiger partial charge on any atom is -0.365 e. The molecule has 1 aliphatic heterocycles. The molecule has 2 aromatic carbocycles. The van der Waals surface area contributed by atoms with Crippen LogP contribution in [-0.2, 0) is 0 Å². The smallest absolute Gasteiger partial charge is 0.0509 e. The Bertz CT molecular complexity index is 644. The molecule has 1 atom stereocenters. The quantitative estimate of drug-likeness (QED) is 0.675. The first-order valence-corrected chi connectivity index (χ1v) is 9.95. The van der Waals surface area contributed by atoms with Crippen molar-refractivity contribution in [3.05, 3.63) is 59.1 Å². The maximum absolute atomic E-state index is 5.97. The second kappa shape index (κ2) is 9.72. The highest BCUT2D eigenvalue weighted by Crippen LogP contribution is 2.26. The van der Waals surface area contributed by atoms with E-state index in [4.69, 9.17) is 11.6 Å². The van der Waals surface area contributed by atoms with Crippen molar-refractivity contribution in [2.75, 3.05) is 30.3 Å². The summed E-state index contributed by atoms with van der Waals surface area (Å²) in [5, 5.41) is 4.33. The molecule has 1 N–H and O–H groups in total. The average molecular weight is 397 g/mol. The predicted molar refractivity (Wildman–Crippen MR) is 114 cm³/mol. The van der Waals surface area contributed by atoms with Crippen LogP contribution in [0.1, 0.15) is 25.3 Å². The van der Waals surface area contributed by atoms with E-state index in [-0.39, 0.29) is 12.4 Å². The van der Waals surface area contributed by atoms with Crippen LogP contribution >= 0.6 is 35.8 Å². The Morgan fingerprint density at radius 3 is 2.44 bits per heavy atom. The zero-order valence-electron chi connectivity index (χ0n) is 14.7. The van der Waals surface area contributed by atoms with E-state index in [1.54, 1.807) is 0 Å². The molecular formula is C20H26Cl2N2S. The lowest BCUT2D eigenvalue weighted by Crippen LogP contribution is -2.52. The summed E-state index contributed by atoms with van der Waals surface area (Å²) in [6.07, 6.45) is 0. The van der Waals surface area contributed by atoms with E-state index >= 15 is 0 Å². The molecule has 2 aromatic rings. The van der Waals surface area contributed by atoms with Crippen LogP contribution in [0.4, 0.5) is 5.69 Å². The van der Waals surface area contributed by atoms with Gasteiger partial charge in [-0.1, -0.05) is 37.6 Å². The first-order valence-electron chi connectivity index (χ1n) is 8.59.